The minimum Gasteiger partial charge on any atom is -0.379 e. The van der Waals surface area contributed by atoms with E-state index in [-0.39, 0.29) is 5.91 Å². The van der Waals surface area contributed by atoms with Crippen molar-refractivity contribution >= 4 is 17.2 Å². The summed E-state index contributed by atoms with van der Waals surface area (Å²) in [6.45, 7) is 5.77. The summed E-state index contributed by atoms with van der Waals surface area (Å²) in [5, 5.41) is 0.871. The number of amides is 1. The first-order valence-corrected chi connectivity index (χ1v) is 11.1. The first-order valence-electron chi connectivity index (χ1n) is 10.3. The molecule has 0 atom stereocenters. The van der Waals surface area contributed by atoms with Gasteiger partial charge in [0.2, 0.25) is 0 Å². The fourth-order valence-corrected chi connectivity index (χ4v) is 4.40. The normalized spacial score (nSPS) is 14.5. The maximum Gasteiger partial charge on any atom is 0.265 e. The number of carbonyl (C=O) groups is 1. The van der Waals surface area contributed by atoms with Crippen molar-refractivity contribution in [1.82, 2.24) is 19.8 Å². The fourth-order valence-electron chi connectivity index (χ4n) is 3.51. The Labute approximate surface area is 181 Å². The molecule has 1 saturated heterocycles. The Morgan fingerprint density at radius 3 is 2.63 bits per heavy atom. The quantitative estimate of drug-likeness (QED) is 0.555. The van der Waals surface area contributed by atoms with E-state index < -0.39 is 0 Å². The summed E-state index contributed by atoms with van der Waals surface area (Å²) in [4.78, 5) is 26.9. The number of pyridine rings is 1. The van der Waals surface area contributed by atoms with E-state index >= 15 is 0 Å². The Hall–Kier alpha value is -2.61. The third kappa shape index (κ3) is 5.50. The van der Waals surface area contributed by atoms with E-state index in [0.29, 0.717) is 18.0 Å². The summed E-state index contributed by atoms with van der Waals surface area (Å²) in [5.74, 6) is 0.0356. The van der Waals surface area contributed by atoms with Crippen molar-refractivity contribution in [2.75, 3.05) is 39.4 Å². The topological polar surface area (TPSA) is 58.6 Å². The van der Waals surface area contributed by atoms with Gasteiger partial charge in [-0.15, -0.1) is 11.3 Å². The summed E-state index contributed by atoms with van der Waals surface area (Å²) < 4.78 is 5.42. The highest BCUT2D eigenvalue weighted by Gasteiger charge is 2.20. The molecule has 1 amide bonds. The van der Waals surface area contributed by atoms with Crippen LogP contribution < -0.4 is 0 Å². The Morgan fingerprint density at radius 1 is 1.10 bits per heavy atom. The van der Waals surface area contributed by atoms with Crippen molar-refractivity contribution in [3.05, 3.63) is 71.5 Å². The molecular weight excluding hydrogens is 396 g/mol. The van der Waals surface area contributed by atoms with E-state index in [2.05, 4.69) is 14.9 Å². The number of nitrogens with zero attached hydrogens (tertiary/aromatic N) is 4. The van der Waals surface area contributed by atoms with Gasteiger partial charge in [0.05, 0.1) is 19.4 Å². The van der Waals surface area contributed by atoms with Crippen LogP contribution in [-0.4, -0.2) is 65.1 Å². The van der Waals surface area contributed by atoms with Gasteiger partial charge in [-0.05, 0) is 24.1 Å². The van der Waals surface area contributed by atoms with Crippen molar-refractivity contribution in [3.63, 3.8) is 0 Å². The number of aromatic nitrogens is 2. The lowest BCUT2D eigenvalue weighted by molar-refractivity contribution is 0.0356. The zero-order chi connectivity index (χ0) is 20.6. The summed E-state index contributed by atoms with van der Waals surface area (Å²) in [6, 6.07) is 13.9. The number of hydrogen-bond acceptors (Lipinski definition) is 6. The highest BCUT2D eigenvalue weighted by Crippen LogP contribution is 2.26. The molecule has 156 valence electrons. The van der Waals surface area contributed by atoms with Crippen molar-refractivity contribution in [2.24, 2.45) is 0 Å². The molecule has 4 rings (SSSR count). The zero-order valence-electron chi connectivity index (χ0n) is 16.9. The van der Waals surface area contributed by atoms with Crippen LogP contribution in [0.1, 0.15) is 21.7 Å². The Balaban J connectivity index is 1.45. The molecule has 0 bridgehead atoms. The zero-order valence-corrected chi connectivity index (χ0v) is 17.8. The molecule has 0 radical (unpaired) electrons. The Bertz CT molecular complexity index is 927. The molecule has 2 aromatic heterocycles. The molecule has 1 aliphatic rings. The fraction of sp³-hybridized carbons (Fsp3) is 0.348. The SMILES string of the molecule is O=C(c1cnc(-c2ccccc2)s1)N(CCCN1CCOCC1)Cc1ccncc1. The largest absolute Gasteiger partial charge is 0.379 e. The number of benzene rings is 1. The van der Waals surface area contributed by atoms with Crippen molar-refractivity contribution < 1.29 is 9.53 Å². The van der Waals surface area contributed by atoms with Crippen molar-refractivity contribution in [2.45, 2.75) is 13.0 Å². The maximum atomic E-state index is 13.3. The molecule has 0 aliphatic carbocycles. The van der Waals surface area contributed by atoms with Gasteiger partial charge in [0.15, 0.2) is 0 Å². The Kier molecular flexibility index (Phi) is 7.18. The number of carbonyl (C=O) groups excluding carboxylic acids is 1. The molecule has 0 N–H and O–H groups in total. The van der Waals surface area contributed by atoms with Gasteiger partial charge in [0.1, 0.15) is 9.88 Å². The second-order valence-electron chi connectivity index (χ2n) is 7.29. The highest BCUT2D eigenvalue weighted by atomic mass is 32.1. The van der Waals surface area contributed by atoms with Crippen LogP contribution in [0.15, 0.2) is 61.1 Å². The molecule has 3 heterocycles. The van der Waals surface area contributed by atoms with E-state index in [0.717, 1.165) is 55.4 Å². The van der Waals surface area contributed by atoms with Gasteiger partial charge in [0.25, 0.3) is 5.91 Å². The van der Waals surface area contributed by atoms with Crippen LogP contribution in [0.3, 0.4) is 0 Å². The molecule has 30 heavy (non-hydrogen) atoms. The number of ether oxygens (including phenoxy) is 1. The van der Waals surface area contributed by atoms with Gasteiger partial charge < -0.3 is 9.64 Å². The smallest absolute Gasteiger partial charge is 0.265 e. The second-order valence-corrected chi connectivity index (χ2v) is 8.32. The van der Waals surface area contributed by atoms with Gasteiger partial charge in [-0.2, -0.15) is 0 Å². The predicted molar refractivity (Wildman–Crippen MR) is 118 cm³/mol. The number of thiazole rings is 1. The van der Waals surface area contributed by atoms with E-state index in [9.17, 15) is 4.79 Å². The monoisotopic (exact) mass is 422 g/mol. The lowest BCUT2D eigenvalue weighted by Gasteiger charge is -2.28. The molecular formula is C23H26N4O2S. The van der Waals surface area contributed by atoms with Crippen LogP contribution >= 0.6 is 11.3 Å². The van der Waals surface area contributed by atoms with Gasteiger partial charge in [-0.1, -0.05) is 30.3 Å². The van der Waals surface area contributed by atoms with E-state index in [1.807, 2.05) is 47.4 Å². The summed E-state index contributed by atoms with van der Waals surface area (Å²) in [6.07, 6.45) is 6.18. The van der Waals surface area contributed by atoms with Crippen molar-refractivity contribution in [3.8, 4) is 10.6 Å². The van der Waals surface area contributed by atoms with Gasteiger partial charge in [-0.3, -0.25) is 14.7 Å². The molecule has 1 aromatic carbocycles. The maximum absolute atomic E-state index is 13.3. The van der Waals surface area contributed by atoms with Crippen molar-refractivity contribution in [1.29, 1.82) is 0 Å². The molecule has 1 fully saturated rings. The number of rotatable bonds is 8. The highest BCUT2D eigenvalue weighted by molar-refractivity contribution is 7.16. The number of hydrogen-bond donors (Lipinski definition) is 0. The summed E-state index contributed by atoms with van der Waals surface area (Å²) in [7, 11) is 0. The summed E-state index contributed by atoms with van der Waals surface area (Å²) in [5.41, 5.74) is 2.12. The minimum absolute atomic E-state index is 0.0356. The van der Waals surface area contributed by atoms with Gasteiger partial charge in [0, 0.05) is 50.7 Å². The first-order chi connectivity index (χ1) is 14.8. The molecule has 6 nitrogen and oxygen atoms in total. The van der Waals surface area contributed by atoms with Crippen LogP contribution in [0.5, 0.6) is 0 Å². The third-order valence-corrected chi connectivity index (χ3v) is 6.19. The predicted octanol–water partition coefficient (Wildman–Crippen LogP) is 3.57. The van der Waals surface area contributed by atoms with Gasteiger partial charge >= 0.3 is 0 Å². The van der Waals surface area contributed by atoms with Crippen LogP contribution in [0.25, 0.3) is 10.6 Å². The van der Waals surface area contributed by atoms with E-state index in [4.69, 9.17) is 4.74 Å². The van der Waals surface area contributed by atoms with Crippen LogP contribution in [0, 0.1) is 0 Å². The Morgan fingerprint density at radius 2 is 1.87 bits per heavy atom. The average Bonchev–Trinajstić information content (AvgIpc) is 3.30. The van der Waals surface area contributed by atoms with Crippen LogP contribution in [0.4, 0.5) is 0 Å². The summed E-state index contributed by atoms with van der Waals surface area (Å²) >= 11 is 1.45. The minimum atomic E-state index is 0.0356. The molecule has 0 unspecified atom stereocenters. The van der Waals surface area contributed by atoms with Crippen LogP contribution in [-0.2, 0) is 11.3 Å². The lowest BCUT2D eigenvalue weighted by Crippen LogP contribution is -2.39. The molecule has 3 aromatic rings. The average molecular weight is 423 g/mol. The lowest BCUT2D eigenvalue weighted by atomic mass is 10.2. The first kappa shape index (κ1) is 20.7. The van der Waals surface area contributed by atoms with E-state index in [1.165, 1.54) is 11.3 Å². The second kappa shape index (κ2) is 10.4. The van der Waals surface area contributed by atoms with Crippen LogP contribution in [0.2, 0.25) is 0 Å². The standard InChI is InChI=1S/C23H26N4O2S/c28-23(21-17-25-22(30-21)20-5-2-1-3-6-20)27(18-19-7-9-24-10-8-19)12-4-11-26-13-15-29-16-14-26/h1-3,5-10,17H,4,11-16,18H2. The van der Waals surface area contributed by atoms with E-state index in [1.54, 1.807) is 18.6 Å². The molecule has 0 saturated carbocycles. The third-order valence-electron chi connectivity index (χ3n) is 5.15. The number of morpholine rings is 1. The molecule has 0 spiro atoms. The molecule has 7 heteroatoms. The molecule has 1 aliphatic heterocycles. The van der Waals surface area contributed by atoms with Gasteiger partial charge in [-0.25, -0.2) is 4.98 Å².